The van der Waals surface area contributed by atoms with Crippen LogP contribution in [0.4, 0.5) is 5.69 Å². The molecule has 1 heterocycles. The lowest BCUT2D eigenvalue weighted by Crippen LogP contribution is -2.39. The van der Waals surface area contributed by atoms with Gasteiger partial charge in [-0.05, 0) is 25.1 Å². The largest absolute Gasteiger partial charge is 0.490 e. The molecular formula is C12H14N2O3. The summed E-state index contributed by atoms with van der Waals surface area (Å²) in [6.07, 6.45) is 0. The predicted octanol–water partition coefficient (Wildman–Crippen LogP) is 0.573. The van der Waals surface area contributed by atoms with Gasteiger partial charge < -0.3 is 15.4 Å². The van der Waals surface area contributed by atoms with Crippen LogP contribution in [0, 0.1) is 0 Å². The summed E-state index contributed by atoms with van der Waals surface area (Å²) < 4.78 is 5.46. The zero-order valence-corrected chi connectivity index (χ0v) is 9.60. The van der Waals surface area contributed by atoms with Gasteiger partial charge in [-0.25, -0.2) is 0 Å². The van der Waals surface area contributed by atoms with Crippen molar-refractivity contribution in [2.24, 2.45) is 5.73 Å². The smallest absolute Gasteiger partial charge is 0.236 e. The Labute approximate surface area is 99.2 Å². The maximum atomic E-state index is 11.3. The molecule has 0 aliphatic carbocycles. The molecule has 1 amide bonds. The number of Topliss-reactive ketones (excluding diaryl/α,β-unsaturated/α-hetero) is 1. The number of carbonyl (C=O) groups excluding carboxylic acids is 2. The number of hydrogen-bond acceptors (Lipinski definition) is 4. The average molecular weight is 234 g/mol. The van der Waals surface area contributed by atoms with Crippen molar-refractivity contribution in [2.45, 2.75) is 6.92 Å². The number of ether oxygens (including phenoxy) is 1. The molecule has 90 valence electrons. The molecule has 1 aromatic rings. The van der Waals surface area contributed by atoms with Crippen LogP contribution in [0.3, 0.4) is 0 Å². The summed E-state index contributed by atoms with van der Waals surface area (Å²) in [5, 5.41) is 0. The van der Waals surface area contributed by atoms with E-state index in [1.54, 1.807) is 18.2 Å². The summed E-state index contributed by atoms with van der Waals surface area (Å²) in [6, 6.07) is 5.20. The van der Waals surface area contributed by atoms with Crippen LogP contribution >= 0.6 is 0 Å². The third-order valence-electron chi connectivity index (χ3n) is 2.67. The molecule has 0 saturated carbocycles. The highest BCUT2D eigenvalue weighted by molar-refractivity contribution is 5.95. The van der Waals surface area contributed by atoms with E-state index in [1.165, 1.54) is 6.92 Å². The lowest BCUT2D eigenvalue weighted by atomic mass is 10.1. The summed E-state index contributed by atoms with van der Waals surface area (Å²) in [5.74, 6) is 0.269. The van der Waals surface area contributed by atoms with Crippen molar-refractivity contribution in [3.63, 3.8) is 0 Å². The van der Waals surface area contributed by atoms with Crippen LogP contribution < -0.4 is 15.4 Å². The number of carbonyl (C=O) groups is 2. The van der Waals surface area contributed by atoms with E-state index in [1.807, 2.05) is 4.90 Å². The fraction of sp³-hybridized carbons (Fsp3) is 0.333. The number of rotatable bonds is 3. The predicted molar refractivity (Wildman–Crippen MR) is 63.3 cm³/mol. The SMILES string of the molecule is CC(=O)c1ccc2c(c1)N(CC(N)=O)CCO2. The van der Waals surface area contributed by atoms with Gasteiger partial charge in [0.15, 0.2) is 5.78 Å². The first-order valence-corrected chi connectivity index (χ1v) is 5.39. The monoisotopic (exact) mass is 234 g/mol. The highest BCUT2D eigenvalue weighted by Crippen LogP contribution is 2.32. The third-order valence-corrected chi connectivity index (χ3v) is 2.67. The molecule has 17 heavy (non-hydrogen) atoms. The molecular weight excluding hydrogens is 220 g/mol. The van der Waals surface area contributed by atoms with Crippen molar-refractivity contribution >= 4 is 17.4 Å². The number of nitrogens with two attached hydrogens (primary N) is 1. The summed E-state index contributed by atoms with van der Waals surface area (Å²) in [5.41, 5.74) is 6.54. The van der Waals surface area contributed by atoms with E-state index in [0.29, 0.717) is 24.5 Å². The van der Waals surface area contributed by atoms with Gasteiger partial charge in [-0.1, -0.05) is 0 Å². The molecule has 1 aromatic carbocycles. The van der Waals surface area contributed by atoms with E-state index < -0.39 is 5.91 Å². The lowest BCUT2D eigenvalue weighted by Gasteiger charge is -2.30. The Balaban J connectivity index is 2.37. The van der Waals surface area contributed by atoms with Crippen molar-refractivity contribution in [1.82, 2.24) is 0 Å². The van der Waals surface area contributed by atoms with Gasteiger partial charge in [-0.2, -0.15) is 0 Å². The zero-order valence-electron chi connectivity index (χ0n) is 9.60. The quantitative estimate of drug-likeness (QED) is 0.776. The van der Waals surface area contributed by atoms with Crippen molar-refractivity contribution in [3.05, 3.63) is 23.8 Å². The summed E-state index contributed by atoms with van der Waals surface area (Å²) in [6.45, 7) is 2.75. The molecule has 0 unspecified atom stereocenters. The number of ketones is 1. The van der Waals surface area contributed by atoms with Crippen LogP contribution in [0.15, 0.2) is 18.2 Å². The fourth-order valence-electron chi connectivity index (χ4n) is 1.84. The lowest BCUT2D eigenvalue weighted by molar-refractivity contribution is -0.116. The van der Waals surface area contributed by atoms with Gasteiger partial charge in [0, 0.05) is 5.56 Å². The number of anilines is 1. The van der Waals surface area contributed by atoms with Gasteiger partial charge >= 0.3 is 0 Å². The second kappa shape index (κ2) is 4.45. The first-order chi connectivity index (χ1) is 8.08. The Morgan fingerprint density at radius 3 is 2.88 bits per heavy atom. The maximum absolute atomic E-state index is 11.3. The van der Waals surface area contributed by atoms with E-state index in [0.717, 1.165) is 5.69 Å². The molecule has 0 atom stereocenters. The van der Waals surface area contributed by atoms with Crippen molar-refractivity contribution in [3.8, 4) is 5.75 Å². The molecule has 0 radical (unpaired) electrons. The molecule has 1 aliphatic rings. The van der Waals surface area contributed by atoms with Crippen LogP contribution in [0.1, 0.15) is 17.3 Å². The molecule has 5 heteroatoms. The van der Waals surface area contributed by atoms with E-state index in [9.17, 15) is 9.59 Å². The Hall–Kier alpha value is -2.04. The van der Waals surface area contributed by atoms with Crippen molar-refractivity contribution in [1.29, 1.82) is 0 Å². The van der Waals surface area contributed by atoms with Gasteiger partial charge in [-0.15, -0.1) is 0 Å². The Bertz CT molecular complexity index is 471. The fourth-order valence-corrected chi connectivity index (χ4v) is 1.84. The molecule has 0 spiro atoms. The van der Waals surface area contributed by atoms with Crippen molar-refractivity contribution < 1.29 is 14.3 Å². The summed E-state index contributed by atoms with van der Waals surface area (Å²) >= 11 is 0. The molecule has 0 bridgehead atoms. The highest BCUT2D eigenvalue weighted by Gasteiger charge is 2.20. The normalized spacial score (nSPS) is 13.8. The van der Waals surface area contributed by atoms with Gasteiger partial charge in [0.1, 0.15) is 12.4 Å². The third kappa shape index (κ3) is 2.38. The Morgan fingerprint density at radius 1 is 1.47 bits per heavy atom. The molecule has 2 N–H and O–H groups in total. The number of hydrogen-bond donors (Lipinski definition) is 1. The topological polar surface area (TPSA) is 72.6 Å². The highest BCUT2D eigenvalue weighted by atomic mass is 16.5. The van der Waals surface area contributed by atoms with Gasteiger partial charge in [-0.3, -0.25) is 9.59 Å². The van der Waals surface area contributed by atoms with Gasteiger partial charge in [0.05, 0.1) is 18.8 Å². The van der Waals surface area contributed by atoms with E-state index in [2.05, 4.69) is 0 Å². The summed E-state index contributed by atoms with van der Waals surface area (Å²) in [7, 11) is 0. The maximum Gasteiger partial charge on any atom is 0.236 e. The Kier molecular flexibility index (Phi) is 2.99. The first-order valence-electron chi connectivity index (χ1n) is 5.39. The number of nitrogens with zero attached hydrogens (tertiary/aromatic N) is 1. The number of amides is 1. The minimum Gasteiger partial charge on any atom is -0.490 e. The van der Waals surface area contributed by atoms with Crippen LogP contribution in [0.2, 0.25) is 0 Å². The number of benzene rings is 1. The second-order valence-corrected chi connectivity index (χ2v) is 3.98. The van der Waals surface area contributed by atoms with E-state index in [-0.39, 0.29) is 12.3 Å². The number of fused-ring (bicyclic) bond motifs is 1. The number of primary amides is 1. The second-order valence-electron chi connectivity index (χ2n) is 3.98. The van der Waals surface area contributed by atoms with Gasteiger partial charge in [0.2, 0.25) is 5.91 Å². The minimum atomic E-state index is -0.397. The minimum absolute atomic E-state index is 0.0163. The Morgan fingerprint density at radius 2 is 2.24 bits per heavy atom. The molecule has 0 saturated heterocycles. The van der Waals surface area contributed by atoms with E-state index in [4.69, 9.17) is 10.5 Å². The molecule has 0 aromatic heterocycles. The average Bonchev–Trinajstić information content (AvgIpc) is 2.28. The van der Waals surface area contributed by atoms with Crippen LogP contribution in [0.25, 0.3) is 0 Å². The zero-order chi connectivity index (χ0) is 12.4. The molecule has 2 rings (SSSR count). The summed E-state index contributed by atoms with van der Waals surface area (Å²) in [4.78, 5) is 24.1. The van der Waals surface area contributed by atoms with Crippen LogP contribution in [-0.4, -0.2) is 31.4 Å². The first kappa shape index (κ1) is 11.4. The van der Waals surface area contributed by atoms with Gasteiger partial charge in [0.25, 0.3) is 0 Å². The molecule has 0 fully saturated rings. The van der Waals surface area contributed by atoms with E-state index >= 15 is 0 Å². The molecule has 1 aliphatic heterocycles. The van der Waals surface area contributed by atoms with Crippen LogP contribution in [0.5, 0.6) is 5.75 Å². The standard InChI is InChI=1S/C12H14N2O3/c1-8(15)9-2-3-11-10(6-9)14(4-5-17-11)7-12(13)16/h2-3,6H,4-5,7H2,1H3,(H2,13,16). The van der Waals surface area contributed by atoms with Crippen LogP contribution in [-0.2, 0) is 4.79 Å². The molecule has 5 nitrogen and oxygen atoms in total. The van der Waals surface area contributed by atoms with Crippen molar-refractivity contribution in [2.75, 3.05) is 24.6 Å².